The topological polar surface area (TPSA) is 77.7 Å². The van der Waals surface area contributed by atoms with Crippen LogP contribution in [-0.4, -0.2) is 27.9 Å². The Morgan fingerprint density at radius 1 is 0.362 bits per heavy atom. The lowest BCUT2D eigenvalue weighted by molar-refractivity contribution is 0.598. The average molecular weight is 765 g/mol. The van der Waals surface area contributed by atoms with Crippen molar-refractivity contribution in [1.29, 1.82) is 0 Å². The van der Waals surface area contributed by atoms with Crippen molar-refractivity contribution in [2.24, 2.45) is 0 Å². The fourth-order valence-electron chi connectivity index (χ4n) is 8.26. The number of rotatable bonds is 6. The summed E-state index contributed by atoms with van der Waals surface area (Å²) in [4.78, 5) is 15.4. The Bertz CT molecular complexity index is 3270. The van der Waals surface area contributed by atoms with Crippen molar-refractivity contribution < 1.29 is 8.42 Å². The Morgan fingerprint density at radius 3 is 1.50 bits per heavy atom. The first-order valence-electron chi connectivity index (χ1n) is 19.1. The maximum absolute atomic E-state index is 14.4. The van der Waals surface area contributed by atoms with Crippen LogP contribution in [0.1, 0.15) is 0 Å². The minimum Gasteiger partial charge on any atom is -0.309 e. The van der Waals surface area contributed by atoms with Gasteiger partial charge in [0.25, 0.3) is 0 Å². The second-order valence-electron chi connectivity index (χ2n) is 14.4. The molecular weight excluding hydrogens is 733 g/mol. The maximum Gasteiger partial charge on any atom is 0.207 e. The summed E-state index contributed by atoms with van der Waals surface area (Å²) in [6.07, 6.45) is 0. The normalized spacial score (nSPS) is 12.8. The van der Waals surface area contributed by atoms with Gasteiger partial charge in [0.2, 0.25) is 9.84 Å². The highest BCUT2D eigenvalue weighted by Crippen LogP contribution is 2.49. The standard InChI is InChI=1S/C51H32N4O2S/c56-58(57)46-21-11-18-43(51-53-49(36-14-5-2-6-15-36)52-50(54-51)37-24-22-34(23-25-37)33-12-3-1-4-13-33)48(46)42-31-28-38(32-47(42)58)35-26-29-39(30-27-35)55-44-19-9-7-16-40(44)41-17-8-10-20-45(41)55/h1-32H. The number of nitrogens with zero attached hydrogens (tertiary/aromatic N) is 4. The third-order valence-electron chi connectivity index (χ3n) is 11.1. The van der Waals surface area contributed by atoms with Crippen LogP contribution >= 0.6 is 0 Å². The lowest BCUT2D eigenvalue weighted by Gasteiger charge is -2.12. The lowest BCUT2D eigenvalue weighted by atomic mass is 9.96. The summed E-state index contributed by atoms with van der Waals surface area (Å²) in [5.41, 5.74) is 10.8. The summed E-state index contributed by atoms with van der Waals surface area (Å²) < 4.78 is 31.0. The molecule has 0 N–H and O–H groups in total. The van der Waals surface area contributed by atoms with Crippen LogP contribution in [0, 0.1) is 0 Å². The lowest BCUT2D eigenvalue weighted by Crippen LogP contribution is -2.01. The molecule has 2 aromatic heterocycles. The number of para-hydroxylation sites is 2. The SMILES string of the molecule is O=S1(=O)c2cc(-c3ccc(-n4c5ccccc5c5ccccc54)cc3)ccc2-c2c(-c3nc(-c4ccccc4)nc(-c4ccc(-c5ccccc5)cc4)n3)cccc21. The van der Waals surface area contributed by atoms with Gasteiger partial charge in [0.1, 0.15) is 0 Å². The average Bonchev–Trinajstić information content (AvgIpc) is 3.75. The van der Waals surface area contributed by atoms with E-state index in [0.29, 0.717) is 34.2 Å². The largest absolute Gasteiger partial charge is 0.309 e. The van der Waals surface area contributed by atoms with Gasteiger partial charge in [-0.3, -0.25) is 0 Å². The summed E-state index contributed by atoms with van der Waals surface area (Å²) in [5, 5.41) is 2.40. The molecule has 8 aromatic carbocycles. The Hall–Kier alpha value is -7.48. The number of hydrogen-bond donors (Lipinski definition) is 0. The van der Waals surface area contributed by atoms with E-state index in [4.69, 9.17) is 15.0 Å². The fourth-order valence-corrected chi connectivity index (χ4v) is 9.98. The van der Waals surface area contributed by atoms with Crippen LogP contribution in [0.4, 0.5) is 0 Å². The molecule has 274 valence electrons. The van der Waals surface area contributed by atoms with Gasteiger partial charge in [-0.2, -0.15) is 0 Å². The van der Waals surface area contributed by atoms with Crippen LogP contribution in [0.2, 0.25) is 0 Å². The van der Waals surface area contributed by atoms with Crippen molar-refractivity contribution in [2.45, 2.75) is 9.79 Å². The molecule has 1 aliphatic rings. The van der Waals surface area contributed by atoms with Gasteiger partial charge >= 0.3 is 0 Å². The van der Waals surface area contributed by atoms with Crippen molar-refractivity contribution in [3.63, 3.8) is 0 Å². The molecule has 10 aromatic rings. The predicted octanol–water partition coefficient (Wildman–Crippen LogP) is 12.1. The molecule has 0 bridgehead atoms. The van der Waals surface area contributed by atoms with Gasteiger partial charge < -0.3 is 4.57 Å². The number of hydrogen-bond acceptors (Lipinski definition) is 5. The Labute approximate surface area is 335 Å². The summed E-state index contributed by atoms with van der Waals surface area (Å²) in [6.45, 7) is 0. The molecule has 11 rings (SSSR count). The third kappa shape index (κ3) is 5.47. The smallest absolute Gasteiger partial charge is 0.207 e. The van der Waals surface area contributed by atoms with E-state index >= 15 is 0 Å². The number of fused-ring (bicyclic) bond motifs is 6. The second-order valence-corrected chi connectivity index (χ2v) is 16.3. The van der Waals surface area contributed by atoms with Crippen LogP contribution < -0.4 is 0 Å². The molecular formula is C51H32N4O2S. The van der Waals surface area contributed by atoms with Gasteiger partial charge in [0, 0.05) is 44.3 Å². The van der Waals surface area contributed by atoms with E-state index in [2.05, 4.69) is 102 Å². The van der Waals surface area contributed by atoms with E-state index in [1.807, 2.05) is 78.9 Å². The number of aromatic nitrogens is 4. The quantitative estimate of drug-likeness (QED) is 0.168. The molecule has 0 fully saturated rings. The van der Waals surface area contributed by atoms with Gasteiger partial charge in [-0.05, 0) is 58.7 Å². The van der Waals surface area contributed by atoms with Crippen molar-refractivity contribution in [1.82, 2.24) is 19.5 Å². The fraction of sp³-hybridized carbons (Fsp3) is 0. The molecule has 3 heterocycles. The Balaban J connectivity index is 1.00. The third-order valence-corrected chi connectivity index (χ3v) is 12.9. The monoisotopic (exact) mass is 764 g/mol. The minimum atomic E-state index is -3.85. The molecule has 6 nitrogen and oxygen atoms in total. The van der Waals surface area contributed by atoms with E-state index in [-0.39, 0.29) is 9.79 Å². The highest BCUT2D eigenvalue weighted by atomic mass is 32.2. The highest BCUT2D eigenvalue weighted by molar-refractivity contribution is 7.92. The van der Waals surface area contributed by atoms with Gasteiger partial charge in [-0.1, -0.05) is 158 Å². The Morgan fingerprint density at radius 2 is 0.845 bits per heavy atom. The van der Waals surface area contributed by atoms with Crippen molar-refractivity contribution in [3.8, 4) is 73.2 Å². The van der Waals surface area contributed by atoms with Gasteiger partial charge in [-0.25, -0.2) is 23.4 Å². The molecule has 0 saturated carbocycles. The van der Waals surface area contributed by atoms with E-state index < -0.39 is 9.84 Å². The zero-order chi connectivity index (χ0) is 38.8. The number of benzene rings is 8. The molecule has 1 aliphatic heterocycles. The molecule has 0 amide bonds. The van der Waals surface area contributed by atoms with Gasteiger partial charge in [0.15, 0.2) is 17.5 Å². The zero-order valence-electron chi connectivity index (χ0n) is 31.0. The summed E-state index contributed by atoms with van der Waals surface area (Å²) >= 11 is 0. The molecule has 0 aliphatic carbocycles. The zero-order valence-corrected chi connectivity index (χ0v) is 31.8. The van der Waals surface area contributed by atoms with Gasteiger partial charge in [0.05, 0.1) is 20.8 Å². The first kappa shape index (κ1) is 33.8. The first-order chi connectivity index (χ1) is 28.5. The molecule has 0 saturated heterocycles. The maximum atomic E-state index is 14.4. The Kier molecular flexibility index (Phi) is 7.77. The molecule has 0 spiro atoms. The van der Waals surface area contributed by atoms with E-state index in [0.717, 1.165) is 50.1 Å². The first-order valence-corrected chi connectivity index (χ1v) is 20.6. The van der Waals surface area contributed by atoms with E-state index in [1.165, 1.54) is 10.8 Å². The second kappa shape index (κ2) is 13.3. The van der Waals surface area contributed by atoms with Crippen molar-refractivity contribution in [2.75, 3.05) is 0 Å². The summed E-state index contributed by atoms with van der Waals surface area (Å²) in [5.74, 6) is 1.41. The molecule has 0 atom stereocenters. The summed E-state index contributed by atoms with van der Waals surface area (Å²) in [7, 11) is -3.85. The van der Waals surface area contributed by atoms with E-state index in [9.17, 15) is 8.42 Å². The molecule has 58 heavy (non-hydrogen) atoms. The number of sulfone groups is 1. The van der Waals surface area contributed by atoms with Crippen LogP contribution in [0.15, 0.2) is 204 Å². The van der Waals surface area contributed by atoms with Crippen molar-refractivity contribution >= 4 is 31.6 Å². The van der Waals surface area contributed by atoms with Crippen LogP contribution in [0.3, 0.4) is 0 Å². The summed E-state index contributed by atoms with van der Waals surface area (Å²) in [6, 6.07) is 64.4. The van der Waals surface area contributed by atoms with Crippen LogP contribution in [-0.2, 0) is 9.84 Å². The molecule has 0 unspecified atom stereocenters. The predicted molar refractivity (Wildman–Crippen MR) is 232 cm³/mol. The molecule has 7 heteroatoms. The van der Waals surface area contributed by atoms with Crippen LogP contribution in [0.25, 0.3) is 95.0 Å². The van der Waals surface area contributed by atoms with Crippen LogP contribution in [0.5, 0.6) is 0 Å². The van der Waals surface area contributed by atoms with Gasteiger partial charge in [-0.15, -0.1) is 0 Å². The molecule has 0 radical (unpaired) electrons. The minimum absolute atomic E-state index is 0.245. The van der Waals surface area contributed by atoms with Crippen molar-refractivity contribution in [3.05, 3.63) is 194 Å². The van der Waals surface area contributed by atoms with E-state index in [1.54, 1.807) is 18.2 Å². The highest BCUT2D eigenvalue weighted by Gasteiger charge is 2.36.